The Hall–Kier alpha value is -3.20. The highest BCUT2D eigenvalue weighted by Crippen LogP contribution is 2.35. The molecule has 30 heavy (non-hydrogen) atoms. The highest BCUT2D eigenvalue weighted by Gasteiger charge is 2.29. The van der Waals surface area contributed by atoms with Crippen LogP contribution in [0.15, 0.2) is 57.7 Å². The summed E-state index contributed by atoms with van der Waals surface area (Å²) in [5, 5.41) is 39.0. The highest BCUT2D eigenvalue weighted by molar-refractivity contribution is 5.95. The third-order valence-corrected chi connectivity index (χ3v) is 4.96. The molecule has 0 bridgehead atoms. The van der Waals surface area contributed by atoms with Crippen molar-refractivity contribution in [2.24, 2.45) is 5.41 Å². The van der Waals surface area contributed by atoms with Crippen LogP contribution in [0.5, 0.6) is 0 Å². The molecule has 0 radical (unpaired) electrons. The van der Waals surface area contributed by atoms with Crippen molar-refractivity contribution in [1.82, 2.24) is 0 Å². The molecule has 2 aromatic carbocycles. The number of rotatable bonds is 6. The molecule has 3 aromatic rings. The van der Waals surface area contributed by atoms with Gasteiger partial charge in [0.05, 0.1) is 5.41 Å². The van der Waals surface area contributed by atoms with Gasteiger partial charge in [-0.05, 0) is 31.5 Å². The van der Waals surface area contributed by atoms with Crippen molar-refractivity contribution in [1.29, 1.82) is 0 Å². The van der Waals surface area contributed by atoms with Crippen molar-refractivity contribution >= 4 is 22.6 Å². The second-order valence-electron chi connectivity index (χ2n) is 7.89. The van der Waals surface area contributed by atoms with Gasteiger partial charge in [0, 0.05) is 47.9 Å². The lowest BCUT2D eigenvalue weighted by Gasteiger charge is -2.28. The van der Waals surface area contributed by atoms with Crippen molar-refractivity contribution < 1.29 is 29.6 Å². The molecule has 0 aliphatic heterocycles. The second kappa shape index (κ2) is 7.56. The molecular weight excluding hydrogens is 390 g/mol. The monoisotopic (exact) mass is 413 g/mol. The van der Waals surface area contributed by atoms with Gasteiger partial charge in [0.25, 0.3) is 0 Å². The van der Waals surface area contributed by atoms with E-state index in [-0.39, 0.29) is 23.3 Å². The zero-order chi connectivity index (χ0) is 22.3. The third kappa shape index (κ3) is 4.20. The van der Waals surface area contributed by atoms with Crippen molar-refractivity contribution in [2.75, 3.05) is 18.5 Å². The lowest BCUT2D eigenvalue weighted by Crippen LogP contribution is -2.37. The van der Waals surface area contributed by atoms with Gasteiger partial charge in [0.15, 0.2) is 0 Å². The molecule has 0 aliphatic rings. The topological polar surface area (TPSA) is 131 Å². The molecule has 0 unspecified atom stereocenters. The first-order valence-corrected chi connectivity index (χ1v) is 9.19. The standard InChI is InChI=1S/C22H23NO7/c1-21(2,20(25)26)12-23(3)13-8-9-15-16(11-19(24)30-18(15)10-13)14-6-4-5-7-17(14)22(27,28)29/h4-11,27-29H,12H2,1-3H3,(H,25,26). The summed E-state index contributed by atoms with van der Waals surface area (Å²) in [6.45, 7) is 3.46. The van der Waals surface area contributed by atoms with Crippen LogP contribution in [0.3, 0.4) is 0 Å². The zero-order valence-corrected chi connectivity index (χ0v) is 16.8. The lowest BCUT2D eigenvalue weighted by atomic mass is 9.93. The number of aliphatic carboxylic acids is 1. The second-order valence-corrected chi connectivity index (χ2v) is 7.89. The first-order valence-electron chi connectivity index (χ1n) is 9.19. The van der Waals surface area contributed by atoms with Gasteiger partial charge in [-0.2, -0.15) is 0 Å². The molecule has 0 saturated heterocycles. The minimum atomic E-state index is -3.08. The Labute approximate surface area is 172 Å². The Balaban J connectivity index is 2.13. The van der Waals surface area contributed by atoms with Gasteiger partial charge < -0.3 is 29.7 Å². The van der Waals surface area contributed by atoms with E-state index in [1.807, 2.05) is 0 Å². The maximum absolute atomic E-state index is 12.2. The van der Waals surface area contributed by atoms with Crippen LogP contribution >= 0.6 is 0 Å². The van der Waals surface area contributed by atoms with E-state index < -0.39 is 23.0 Å². The summed E-state index contributed by atoms with van der Waals surface area (Å²) < 4.78 is 5.33. The molecule has 0 saturated carbocycles. The summed E-state index contributed by atoms with van der Waals surface area (Å²) in [6.07, 6.45) is 0. The number of carboxylic acids is 1. The number of fused-ring (bicyclic) bond motifs is 1. The summed E-state index contributed by atoms with van der Waals surface area (Å²) in [7, 11) is 1.74. The fourth-order valence-electron chi connectivity index (χ4n) is 3.37. The van der Waals surface area contributed by atoms with Crippen molar-refractivity contribution in [2.45, 2.75) is 19.8 Å². The van der Waals surface area contributed by atoms with Gasteiger partial charge in [0.2, 0.25) is 0 Å². The summed E-state index contributed by atoms with van der Waals surface area (Å²) in [5.74, 6) is -4.01. The average molecular weight is 413 g/mol. The number of hydrogen-bond donors (Lipinski definition) is 4. The molecular formula is C22H23NO7. The molecule has 8 nitrogen and oxygen atoms in total. The van der Waals surface area contributed by atoms with Crippen LogP contribution in [0, 0.1) is 5.41 Å². The van der Waals surface area contributed by atoms with Crippen LogP contribution in [0.2, 0.25) is 0 Å². The summed E-state index contributed by atoms with van der Waals surface area (Å²) in [6, 6.07) is 12.3. The molecule has 0 fully saturated rings. The van der Waals surface area contributed by atoms with Crippen LogP contribution in [0.25, 0.3) is 22.1 Å². The van der Waals surface area contributed by atoms with E-state index >= 15 is 0 Å². The molecule has 1 aromatic heterocycles. The van der Waals surface area contributed by atoms with Gasteiger partial charge in [-0.3, -0.25) is 4.79 Å². The molecule has 8 heteroatoms. The Kier molecular flexibility index (Phi) is 5.42. The predicted octanol–water partition coefficient (Wildman–Crippen LogP) is 2.09. The van der Waals surface area contributed by atoms with E-state index in [2.05, 4.69) is 0 Å². The van der Waals surface area contributed by atoms with Gasteiger partial charge in [-0.1, -0.05) is 24.3 Å². The molecule has 3 rings (SSSR count). The maximum atomic E-state index is 12.2. The normalized spacial score (nSPS) is 12.2. The Morgan fingerprint density at radius 3 is 2.33 bits per heavy atom. The fraction of sp³-hybridized carbons (Fsp3) is 0.273. The SMILES string of the molecule is CN(CC(C)(C)C(=O)O)c1ccc2c(-c3ccccc3C(O)(O)O)cc(=O)oc2c1. The Morgan fingerprint density at radius 1 is 1.03 bits per heavy atom. The number of aliphatic hydroxyl groups is 3. The number of carboxylic acid groups (broad SMARTS) is 1. The van der Waals surface area contributed by atoms with Crippen LogP contribution in [0.1, 0.15) is 19.4 Å². The van der Waals surface area contributed by atoms with E-state index in [1.165, 1.54) is 18.2 Å². The number of nitrogens with zero attached hydrogens (tertiary/aromatic N) is 1. The molecule has 0 aliphatic carbocycles. The van der Waals surface area contributed by atoms with Crippen LogP contribution < -0.4 is 10.5 Å². The minimum absolute atomic E-state index is 0.179. The number of anilines is 1. The first-order chi connectivity index (χ1) is 13.9. The van der Waals surface area contributed by atoms with E-state index in [1.54, 1.807) is 56.1 Å². The van der Waals surface area contributed by atoms with Gasteiger partial charge in [-0.25, -0.2) is 4.79 Å². The fourth-order valence-corrected chi connectivity index (χ4v) is 3.37. The predicted molar refractivity (Wildman–Crippen MR) is 111 cm³/mol. The lowest BCUT2D eigenvalue weighted by molar-refractivity contribution is -0.323. The quantitative estimate of drug-likeness (QED) is 0.357. The third-order valence-electron chi connectivity index (χ3n) is 4.96. The molecule has 158 valence electrons. The first kappa shape index (κ1) is 21.5. The van der Waals surface area contributed by atoms with Crippen molar-refractivity contribution in [3.63, 3.8) is 0 Å². The number of benzene rings is 2. The summed E-state index contributed by atoms with van der Waals surface area (Å²) in [5.41, 5.74) is -0.318. The number of carbonyl (C=O) groups is 1. The van der Waals surface area contributed by atoms with E-state index in [9.17, 15) is 30.0 Å². The Morgan fingerprint density at radius 2 is 1.70 bits per heavy atom. The molecule has 0 amide bonds. The van der Waals surface area contributed by atoms with E-state index in [0.29, 0.717) is 16.6 Å². The van der Waals surface area contributed by atoms with Crippen LogP contribution in [0.4, 0.5) is 5.69 Å². The molecule has 0 spiro atoms. The van der Waals surface area contributed by atoms with Gasteiger partial charge >= 0.3 is 17.6 Å². The van der Waals surface area contributed by atoms with Gasteiger partial charge in [0.1, 0.15) is 5.58 Å². The molecule has 4 N–H and O–H groups in total. The van der Waals surface area contributed by atoms with E-state index in [4.69, 9.17) is 4.42 Å². The Bertz CT molecular complexity index is 1160. The molecule has 0 atom stereocenters. The summed E-state index contributed by atoms with van der Waals surface area (Å²) >= 11 is 0. The number of hydrogen-bond acceptors (Lipinski definition) is 7. The van der Waals surface area contributed by atoms with Crippen molar-refractivity contribution in [3.8, 4) is 11.1 Å². The molecule has 1 heterocycles. The zero-order valence-electron chi connectivity index (χ0n) is 16.8. The average Bonchev–Trinajstić information content (AvgIpc) is 2.65. The minimum Gasteiger partial charge on any atom is -0.481 e. The highest BCUT2D eigenvalue weighted by atomic mass is 16.7. The van der Waals surface area contributed by atoms with Gasteiger partial charge in [-0.15, -0.1) is 0 Å². The van der Waals surface area contributed by atoms with Crippen molar-refractivity contribution in [3.05, 3.63) is 64.5 Å². The maximum Gasteiger partial charge on any atom is 0.336 e. The van der Waals surface area contributed by atoms with Crippen LogP contribution in [-0.2, 0) is 10.8 Å². The summed E-state index contributed by atoms with van der Waals surface area (Å²) in [4.78, 5) is 25.3. The largest absolute Gasteiger partial charge is 0.481 e. The van der Waals surface area contributed by atoms with E-state index in [0.717, 1.165) is 0 Å². The van der Waals surface area contributed by atoms with Crippen LogP contribution in [-0.4, -0.2) is 40.0 Å². The smallest absolute Gasteiger partial charge is 0.336 e.